The van der Waals surface area contributed by atoms with Gasteiger partial charge in [0.05, 0.1) is 5.75 Å². The van der Waals surface area contributed by atoms with E-state index in [0.717, 1.165) is 38.2 Å². The number of carbonyl (C=O) groups excluding carboxylic acids is 1. The number of fused-ring (bicyclic) bond motifs is 1. The third-order valence-electron chi connectivity index (χ3n) is 6.20. The number of thioether (sulfide) groups is 1. The van der Waals surface area contributed by atoms with Crippen LogP contribution in [0.1, 0.15) is 30.3 Å². The van der Waals surface area contributed by atoms with E-state index in [1.807, 2.05) is 41.9 Å². The molecule has 0 saturated carbocycles. The fraction of sp³-hybridized carbons (Fsp3) is 0.400. The van der Waals surface area contributed by atoms with Gasteiger partial charge in [0.15, 0.2) is 28.6 Å². The third kappa shape index (κ3) is 5.37. The average molecular weight is 480 g/mol. The first-order valence-corrected chi connectivity index (χ1v) is 12.6. The highest BCUT2D eigenvalue weighted by atomic mass is 32.2. The highest BCUT2D eigenvalue weighted by Gasteiger charge is 2.28. The van der Waals surface area contributed by atoms with E-state index in [9.17, 15) is 4.79 Å². The van der Waals surface area contributed by atoms with Crippen LogP contribution in [0.25, 0.3) is 0 Å². The standard InChI is InChI=1S/C25H29N5O3S/c1-29-24(22-16-32-20-9-5-6-10-21(20)33-22)27-28-25(29)34-17-23(31)26-19-11-13-30(14-12-19)15-18-7-3-2-4-8-18/h2-10,19,22H,11-17H2,1H3,(H,26,31)/t22-/m0/s1. The van der Waals surface area contributed by atoms with Crippen molar-refractivity contribution in [1.82, 2.24) is 25.0 Å². The van der Waals surface area contributed by atoms with Crippen molar-refractivity contribution >= 4 is 17.7 Å². The number of aromatic nitrogens is 3. The Kier molecular flexibility index (Phi) is 7.01. The largest absolute Gasteiger partial charge is 0.485 e. The van der Waals surface area contributed by atoms with E-state index >= 15 is 0 Å². The summed E-state index contributed by atoms with van der Waals surface area (Å²) in [7, 11) is 1.89. The van der Waals surface area contributed by atoms with Crippen molar-refractivity contribution in [3.05, 3.63) is 66.0 Å². The number of rotatable bonds is 7. The molecule has 0 unspecified atom stereocenters. The van der Waals surface area contributed by atoms with Gasteiger partial charge in [-0.3, -0.25) is 9.69 Å². The second-order valence-corrected chi connectivity index (χ2v) is 9.60. The van der Waals surface area contributed by atoms with Crippen LogP contribution in [0.4, 0.5) is 0 Å². The van der Waals surface area contributed by atoms with E-state index in [1.54, 1.807) is 0 Å². The van der Waals surface area contributed by atoms with Gasteiger partial charge in [0.2, 0.25) is 5.91 Å². The van der Waals surface area contributed by atoms with Gasteiger partial charge in [-0.25, -0.2) is 0 Å². The van der Waals surface area contributed by atoms with Gasteiger partial charge in [-0.15, -0.1) is 10.2 Å². The van der Waals surface area contributed by atoms with E-state index in [0.29, 0.717) is 29.1 Å². The Morgan fingerprint density at radius 1 is 1.06 bits per heavy atom. The topological polar surface area (TPSA) is 81.5 Å². The van der Waals surface area contributed by atoms with Crippen LogP contribution in [-0.2, 0) is 18.4 Å². The van der Waals surface area contributed by atoms with Gasteiger partial charge in [-0.05, 0) is 30.5 Å². The molecule has 0 radical (unpaired) electrons. The Bertz CT molecular complexity index is 1110. The summed E-state index contributed by atoms with van der Waals surface area (Å²) in [4.78, 5) is 15.0. The second kappa shape index (κ2) is 10.5. The number of ether oxygens (including phenoxy) is 2. The van der Waals surface area contributed by atoms with Gasteiger partial charge in [0.25, 0.3) is 0 Å². The van der Waals surface area contributed by atoms with Crippen LogP contribution in [0, 0.1) is 0 Å². The van der Waals surface area contributed by atoms with Crippen molar-refractivity contribution in [2.24, 2.45) is 7.05 Å². The molecule has 0 aliphatic carbocycles. The van der Waals surface area contributed by atoms with Gasteiger partial charge >= 0.3 is 0 Å². The number of likely N-dealkylation sites (tertiary alicyclic amines) is 1. The molecular weight excluding hydrogens is 450 g/mol. The minimum atomic E-state index is -0.336. The Hall–Kier alpha value is -3.04. The number of para-hydroxylation sites is 2. The number of carbonyl (C=O) groups is 1. The lowest BCUT2D eigenvalue weighted by Gasteiger charge is -2.32. The first-order chi connectivity index (χ1) is 16.7. The molecule has 1 N–H and O–H groups in total. The smallest absolute Gasteiger partial charge is 0.230 e. The molecule has 2 aliphatic heterocycles. The molecule has 3 heterocycles. The lowest BCUT2D eigenvalue weighted by atomic mass is 10.0. The fourth-order valence-corrected chi connectivity index (χ4v) is 5.08. The van der Waals surface area contributed by atoms with E-state index in [2.05, 4.69) is 44.7 Å². The summed E-state index contributed by atoms with van der Waals surface area (Å²) in [5, 5.41) is 12.4. The molecule has 1 atom stereocenters. The quantitative estimate of drug-likeness (QED) is 0.521. The molecule has 0 spiro atoms. The molecule has 9 heteroatoms. The van der Waals surface area contributed by atoms with Gasteiger partial charge in [-0.1, -0.05) is 54.2 Å². The summed E-state index contributed by atoms with van der Waals surface area (Å²) in [6.07, 6.45) is 1.60. The van der Waals surface area contributed by atoms with Gasteiger partial charge in [0, 0.05) is 32.7 Å². The van der Waals surface area contributed by atoms with Crippen molar-refractivity contribution in [1.29, 1.82) is 0 Å². The lowest BCUT2D eigenvalue weighted by molar-refractivity contribution is -0.119. The zero-order chi connectivity index (χ0) is 23.3. The van der Waals surface area contributed by atoms with Crippen LogP contribution < -0.4 is 14.8 Å². The van der Waals surface area contributed by atoms with E-state index in [1.165, 1.54) is 17.3 Å². The zero-order valence-corrected chi connectivity index (χ0v) is 20.0. The average Bonchev–Trinajstić information content (AvgIpc) is 3.24. The number of benzene rings is 2. The van der Waals surface area contributed by atoms with Gasteiger partial charge in [0.1, 0.15) is 6.61 Å². The van der Waals surface area contributed by atoms with Gasteiger partial charge in [-0.2, -0.15) is 0 Å². The Labute approximate surface area is 203 Å². The molecule has 34 heavy (non-hydrogen) atoms. The molecule has 5 rings (SSSR count). The Morgan fingerprint density at radius 3 is 2.59 bits per heavy atom. The molecule has 2 aliphatic rings. The van der Waals surface area contributed by atoms with Crippen LogP contribution in [-0.4, -0.2) is 57.1 Å². The number of hydrogen-bond donors (Lipinski definition) is 1. The molecule has 2 aromatic carbocycles. The molecular formula is C25H29N5O3S. The van der Waals surface area contributed by atoms with E-state index < -0.39 is 0 Å². The van der Waals surface area contributed by atoms with Crippen molar-refractivity contribution in [3.8, 4) is 11.5 Å². The number of amides is 1. The Balaban J connectivity index is 1.08. The molecule has 1 aromatic heterocycles. The normalized spacial score (nSPS) is 18.6. The molecule has 8 nitrogen and oxygen atoms in total. The maximum absolute atomic E-state index is 12.6. The molecule has 178 valence electrons. The molecule has 1 amide bonds. The minimum Gasteiger partial charge on any atom is -0.485 e. The molecule has 3 aromatic rings. The third-order valence-corrected chi connectivity index (χ3v) is 7.22. The minimum absolute atomic E-state index is 0.0298. The first-order valence-electron chi connectivity index (χ1n) is 11.6. The van der Waals surface area contributed by atoms with Crippen LogP contribution in [0.3, 0.4) is 0 Å². The highest BCUT2D eigenvalue weighted by molar-refractivity contribution is 7.99. The van der Waals surface area contributed by atoms with Crippen molar-refractivity contribution in [2.45, 2.75) is 36.7 Å². The summed E-state index contributed by atoms with van der Waals surface area (Å²) in [5.41, 5.74) is 1.33. The van der Waals surface area contributed by atoms with Crippen molar-refractivity contribution in [3.63, 3.8) is 0 Å². The lowest BCUT2D eigenvalue weighted by Crippen LogP contribution is -2.44. The summed E-state index contributed by atoms with van der Waals surface area (Å²) in [6.45, 7) is 3.32. The summed E-state index contributed by atoms with van der Waals surface area (Å²) in [6, 6.07) is 18.3. The zero-order valence-electron chi connectivity index (χ0n) is 19.2. The predicted octanol–water partition coefficient (Wildman–Crippen LogP) is 3.20. The first kappa shape index (κ1) is 22.7. The Morgan fingerprint density at radius 2 is 1.79 bits per heavy atom. The summed E-state index contributed by atoms with van der Waals surface area (Å²) < 4.78 is 13.7. The van der Waals surface area contributed by atoms with Crippen LogP contribution in [0.15, 0.2) is 59.8 Å². The highest BCUT2D eigenvalue weighted by Crippen LogP contribution is 2.35. The predicted molar refractivity (Wildman–Crippen MR) is 130 cm³/mol. The number of piperidine rings is 1. The van der Waals surface area contributed by atoms with Crippen LogP contribution in [0.2, 0.25) is 0 Å². The molecule has 1 fully saturated rings. The monoisotopic (exact) mass is 479 g/mol. The molecule has 1 saturated heterocycles. The summed E-state index contributed by atoms with van der Waals surface area (Å²) >= 11 is 1.39. The second-order valence-electron chi connectivity index (χ2n) is 8.66. The number of nitrogens with zero attached hydrogens (tertiary/aromatic N) is 4. The fourth-order valence-electron chi connectivity index (χ4n) is 4.36. The van der Waals surface area contributed by atoms with Gasteiger partial charge < -0.3 is 19.4 Å². The SMILES string of the molecule is Cn1c(SCC(=O)NC2CCN(Cc3ccccc3)CC2)nnc1[C@@H]1COc2ccccc2O1. The number of hydrogen-bond acceptors (Lipinski definition) is 7. The van der Waals surface area contributed by atoms with E-state index in [-0.39, 0.29) is 18.1 Å². The van der Waals surface area contributed by atoms with Crippen molar-refractivity contribution in [2.75, 3.05) is 25.4 Å². The number of nitrogens with one attached hydrogen (secondary N) is 1. The van der Waals surface area contributed by atoms with Crippen LogP contribution >= 0.6 is 11.8 Å². The van der Waals surface area contributed by atoms with Crippen LogP contribution in [0.5, 0.6) is 11.5 Å². The maximum atomic E-state index is 12.6. The van der Waals surface area contributed by atoms with E-state index in [4.69, 9.17) is 9.47 Å². The maximum Gasteiger partial charge on any atom is 0.230 e. The van der Waals surface area contributed by atoms with Crippen molar-refractivity contribution < 1.29 is 14.3 Å². The summed E-state index contributed by atoms with van der Waals surface area (Å²) in [5.74, 6) is 2.45. The molecule has 0 bridgehead atoms.